The summed E-state index contributed by atoms with van der Waals surface area (Å²) in [5.41, 5.74) is 11.7. The molecule has 1 unspecified atom stereocenters. The molecule has 1 heterocycles. The molecule has 0 spiro atoms. The molecule has 3 aliphatic rings. The van der Waals surface area contributed by atoms with Crippen molar-refractivity contribution in [3.63, 3.8) is 0 Å². The highest BCUT2D eigenvalue weighted by Gasteiger charge is 2.16. The van der Waals surface area contributed by atoms with Crippen LogP contribution in [0.1, 0.15) is 30.0 Å². The van der Waals surface area contributed by atoms with Gasteiger partial charge in [0.2, 0.25) is 0 Å². The van der Waals surface area contributed by atoms with Crippen LogP contribution in [0.3, 0.4) is 0 Å². The van der Waals surface area contributed by atoms with Gasteiger partial charge in [-0.25, -0.2) is 0 Å². The molecule has 0 saturated heterocycles. The molecule has 1 atom stereocenters. The summed E-state index contributed by atoms with van der Waals surface area (Å²) in [5.74, 6) is 0. The maximum Gasteiger partial charge on any atom is 0.0303 e. The molecule has 2 aromatic carbocycles. The van der Waals surface area contributed by atoms with E-state index in [2.05, 4.69) is 53.9 Å². The quantitative estimate of drug-likeness (QED) is 0.771. The second-order valence-corrected chi connectivity index (χ2v) is 6.75. The van der Waals surface area contributed by atoms with Crippen LogP contribution >= 0.6 is 0 Å². The third-order valence-electron chi connectivity index (χ3n) is 5.10. The number of hydrogen-bond acceptors (Lipinski definition) is 2. The molecule has 0 fully saturated rings. The van der Waals surface area contributed by atoms with Crippen LogP contribution in [0.2, 0.25) is 0 Å². The van der Waals surface area contributed by atoms with Crippen molar-refractivity contribution < 1.29 is 0 Å². The highest BCUT2D eigenvalue weighted by atomic mass is 14.8. The Labute approximate surface area is 154 Å². The molecule has 2 aromatic rings. The Morgan fingerprint density at radius 3 is 2.46 bits per heavy atom. The number of benzene rings is 2. The van der Waals surface area contributed by atoms with E-state index in [1.807, 2.05) is 36.7 Å². The lowest BCUT2D eigenvalue weighted by Gasteiger charge is -2.21. The number of rotatable bonds is 0. The zero-order chi connectivity index (χ0) is 17.8. The highest BCUT2D eigenvalue weighted by molar-refractivity contribution is 5.74. The third kappa shape index (κ3) is 3.29. The van der Waals surface area contributed by atoms with Gasteiger partial charge in [0.05, 0.1) is 0 Å². The van der Waals surface area contributed by atoms with Crippen molar-refractivity contribution in [2.24, 2.45) is 5.73 Å². The van der Waals surface area contributed by atoms with Gasteiger partial charge in [-0.3, -0.25) is 0 Å². The van der Waals surface area contributed by atoms with Crippen LogP contribution in [0, 0.1) is 0 Å². The summed E-state index contributed by atoms with van der Waals surface area (Å²) < 4.78 is 0. The molecular formula is C24H24N2. The smallest absolute Gasteiger partial charge is 0.0303 e. The Bertz CT molecular complexity index is 995. The minimum Gasteiger partial charge on any atom is -0.368 e. The largest absolute Gasteiger partial charge is 0.368 e. The monoisotopic (exact) mass is 340 g/mol. The summed E-state index contributed by atoms with van der Waals surface area (Å²) in [7, 11) is 0. The Morgan fingerprint density at radius 2 is 1.62 bits per heavy atom. The molecule has 2 aliphatic carbocycles. The van der Waals surface area contributed by atoms with Crippen molar-refractivity contribution in [2.75, 3.05) is 0 Å². The van der Waals surface area contributed by atoms with Crippen LogP contribution in [0.4, 0.5) is 0 Å². The molecule has 0 saturated carbocycles. The van der Waals surface area contributed by atoms with Gasteiger partial charge in [-0.1, -0.05) is 60.7 Å². The molecule has 0 aromatic heterocycles. The summed E-state index contributed by atoms with van der Waals surface area (Å²) in [4.78, 5) is 0. The summed E-state index contributed by atoms with van der Waals surface area (Å²) in [6.07, 6.45) is 19.5. The Kier molecular flexibility index (Phi) is 4.85. The molecule has 0 amide bonds. The van der Waals surface area contributed by atoms with E-state index in [0.29, 0.717) is 0 Å². The molecule has 2 nitrogen and oxygen atoms in total. The molecule has 5 rings (SSSR count). The first-order valence-corrected chi connectivity index (χ1v) is 9.26. The molecule has 130 valence electrons. The van der Waals surface area contributed by atoms with Gasteiger partial charge in [-0.15, -0.1) is 0 Å². The Balaban J connectivity index is 0.000000204. The fourth-order valence-corrected chi connectivity index (χ4v) is 3.80. The Morgan fingerprint density at radius 1 is 0.808 bits per heavy atom. The molecule has 3 N–H and O–H groups in total. The lowest BCUT2D eigenvalue weighted by molar-refractivity contribution is 0.652. The van der Waals surface area contributed by atoms with E-state index in [4.69, 9.17) is 5.73 Å². The topological polar surface area (TPSA) is 38.0 Å². The van der Waals surface area contributed by atoms with E-state index >= 15 is 0 Å². The number of nitrogens with one attached hydrogen (secondary N) is 1. The van der Waals surface area contributed by atoms with E-state index in [1.165, 1.54) is 32.7 Å². The van der Waals surface area contributed by atoms with Crippen molar-refractivity contribution in [1.82, 2.24) is 5.32 Å². The zero-order valence-corrected chi connectivity index (χ0v) is 14.9. The lowest BCUT2D eigenvalue weighted by Crippen LogP contribution is -2.37. The number of nitrogens with two attached hydrogens (primary N) is 1. The second-order valence-electron chi connectivity index (χ2n) is 6.75. The van der Waals surface area contributed by atoms with Gasteiger partial charge in [-0.05, 0) is 64.1 Å². The van der Waals surface area contributed by atoms with Gasteiger partial charge < -0.3 is 11.1 Å². The molecule has 0 radical (unpaired) electrons. The SMILES string of the molecule is C1=CC=CNC=C1.NC1CCC=c2c1ccc1c2=CCc2ccccc2-1. The van der Waals surface area contributed by atoms with E-state index in [1.54, 1.807) is 0 Å². The lowest BCUT2D eigenvalue weighted by atomic mass is 9.85. The molecular weight excluding hydrogens is 316 g/mol. The van der Waals surface area contributed by atoms with Crippen LogP contribution in [0.25, 0.3) is 23.3 Å². The predicted octanol–water partition coefficient (Wildman–Crippen LogP) is 3.44. The Hall–Kier alpha value is -2.84. The molecule has 1 aliphatic heterocycles. The van der Waals surface area contributed by atoms with Crippen molar-refractivity contribution in [3.05, 3.63) is 94.7 Å². The summed E-state index contributed by atoms with van der Waals surface area (Å²) >= 11 is 0. The van der Waals surface area contributed by atoms with Gasteiger partial charge in [0, 0.05) is 18.4 Å². The summed E-state index contributed by atoms with van der Waals surface area (Å²) in [6.45, 7) is 0. The van der Waals surface area contributed by atoms with Crippen molar-refractivity contribution in [1.29, 1.82) is 0 Å². The van der Waals surface area contributed by atoms with E-state index < -0.39 is 0 Å². The number of fused-ring (bicyclic) bond motifs is 5. The summed E-state index contributed by atoms with van der Waals surface area (Å²) in [5, 5.41) is 5.70. The van der Waals surface area contributed by atoms with Crippen LogP contribution in [0.15, 0.2) is 73.1 Å². The van der Waals surface area contributed by atoms with Gasteiger partial charge in [-0.2, -0.15) is 0 Å². The van der Waals surface area contributed by atoms with E-state index in [0.717, 1.165) is 19.3 Å². The third-order valence-corrected chi connectivity index (χ3v) is 5.10. The average molecular weight is 340 g/mol. The van der Waals surface area contributed by atoms with E-state index in [-0.39, 0.29) is 6.04 Å². The highest BCUT2D eigenvalue weighted by Crippen LogP contribution is 2.25. The van der Waals surface area contributed by atoms with Gasteiger partial charge in [0.1, 0.15) is 0 Å². The van der Waals surface area contributed by atoms with Gasteiger partial charge in [0.15, 0.2) is 0 Å². The van der Waals surface area contributed by atoms with Crippen LogP contribution < -0.4 is 21.5 Å². The zero-order valence-electron chi connectivity index (χ0n) is 14.9. The molecule has 0 bridgehead atoms. The molecule has 2 heteroatoms. The summed E-state index contributed by atoms with van der Waals surface area (Å²) in [6, 6.07) is 13.4. The second kappa shape index (κ2) is 7.59. The predicted molar refractivity (Wildman–Crippen MR) is 110 cm³/mol. The first-order chi connectivity index (χ1) is 12.8. The average Bonchev–Trinajstić information content (AvgIpc) is 3.01. The maximum absolute atomic E-state index is 6.24. The fourth-order valence-electron chi connectivity index (χ4n) is 3.80. The first-order valence-electron chi connectivity index (χ1n) is 9.26. The van der Waals surface area contributed by atoms with Crippen molar-refractivity contribution in [3.8, 4) is 11.1 Å². The van der Waals surface area contributed by atoms with Crippen LogP contribution in [-0.2, 0) is 6.42 Å². The maximum atomic E-state index is 6.24. The minimum atomic E-state index is 0.205. The number of allylic oxidation sites excluding steroid dienone is 4. The van der Waals surface area contributed by atoms with Crippen molar-refractivity contribution in [2.45, 2.75) is 25.3 Å². The fraction of sp³-hybridized carbons (Fsp3) is 0.167. The number of hydrogen-bond donors (Lipinski definition) is 2. The van der Waals surface area contributed by atoms with Gasteiger partial charge in [0.25, 0.3) is 0 Å². The van der Waals surface area contributed by atoms with E-state index in [9.17, 15) is 0 Å². The van der Waals surface area contributed by atoms with Gasteiger partial charge >= 0.3 is 0 Å². The molecule has 26 heavy (non-hydrogen) atoms. The van der Waals surface area contributed by atoms with Crippen molar-refractivity contribution >= 4 is 12.2 Å². The van der Waals surface area contributed by atoms with Crippen LogP contribution in [-0.4, -0.2) is 0 Å². The van der Waals surface area contributed by atoms with Crippen LogP contribution in [0.5, 0.6) is 0 Å². The standard InChI is InChI=1S/C18H17N.C6H7N/c19-18-7-3-6-14-16-9-8-12-4-1-2-5-13(12)15(16)10-11-17(14)18;1-2-4-6-7-5-3-1/h1-2,4-6,9-11,18H,3,7-8,19H2;1-7H. The minimum absolute atomic E-state index is 0.205. The normalized spacial score (nSPS) is 18.6. The first kappa shape index (κ1) is 16.6.